The van der Waals surface area contributed by atoms with Crippen LogP contribution in [-0.4, -0.2) is 53.9 Å². The highest BCUT2D eigenvalue weighted by molar-refractivity contribution is 7.07. The molecule has 0 N–H and O–H groups in total. The molecule has 2 heterocycles. The molecule has 1 aliphatic heterocycles. The highest BCUT2D eigenvalue weighted by atomic mass is 35.5. The molecule has 0 spiro atoms. The molecule has 1 atom stereocenters. The Bertz CT molecular complexity index is 674. The van der Waals surface area contributed by atoms with Crippen LogP contribution in [0, 0.1) is 5.92 Å². The van der Waals surface area contributed by atoms with Crippen LogP contribution in [0.25, 0.3) is 0 Å². The Kier molecular flexibility index (Phi) is 6.45. The second kappa shape index (κ2) is 8.79. The minimum Gasteiger partial charge on any atom is -0.340 e. The molecule has 4 nitrogen and oxygen atoms in total. The molecule has 1 aromatic carbocycles. The first-order valence-electron chi connectivity index (χ1n) is 8.72. The van der Waals surface area contributed by atoms with Gasteiger partial charge in [-0.2, -0.15) is 0 Å². The molecule has 134 valence electrons. The Morgan fingerprint density at radius 3 is 2.92 bits per heavy atom. The van der Waals surface area contributed by atoms with Crippen LogP contribution in [-0.2, 0) is 6.42 Å². The Labute approximate surface area is 158 Å². The van der Waals surface area contributed by atoms with E-state index in [0.29, 0.717) is 11.6 Å². The minimum absolute atomic E-state index is 0.0273. The van der Waals surface area contributed by atoms with Gasteiger partial charge in [0.2, 0.25) is 0 Å². The van der Waals surface area contributed by atoms with Crippen LogP contribution in [0.15, 0.2) is 35.2 Å². The van der Waals surface area contributed by atoms with E-state index in [1.165, 1.54) is 29.7 Å². The summed E-state index contributed by atoms with van der Waals surface area (Å²) in [6.45, 7) is 4.06. The Hall–Kier alpha value is -1.43. The Morgan fingerprint density at radius 2 is 2.20 bits per heavy atom. The normalized spacial score (nSPS) is 18.2. The van der Waals surface area contributed by atoms with E-state index in [2.05, 4.69) is 22.0 Å². The van der Waals surface area contributed by atoms with Crippen molar-refractivity contribution in [2.75, 3.05) is 33.2 Å². The molecule has 0 radical (unpaired) electrons. The number of halogens is 1. The fourth-order valence-electron chi connectivity index (χ4n) is 3.43. The fraction of sp³-hybridized carbons (Fsp3) is 0.474. The molecule has 1 aliphatic rings. The number of carbonyl (C=O) groups is 1. The summed E-state index contributed by atoms with van der Waals surface area (Å²) < 4.78 is 0. The summed E-state index contributed by atoms with van der Waals surface area (Å²) in [5.74, 6) is 0.561. The summed E-state index contributed by atoms with van der Waals surface area (Å²) in [5, 5.41) is 2.60. The SMILES string of the molecule is CN(C[C@H]1CCCN(CCc2ccc(Cl)cc2)C1)C(=O)c1cscn1. The molecule has 3 rings (SSSR count). The maximum absolute atomic E-state index is 12.3. The summed E-state index contributed by atoms with van der Waals surface area (Å²) >= 11 is 7.41. The summed E-state index contributed by atoms with van der Waals surface area (Å²) in [5.41, 5.74) is 3.59. The molecule has 1 saturated heterocycles. The minimum atomic E-state index is 0.0273. The standard InChI is InChI=1S/C19H24ClN3OS/c1-22(19(24)18-13-25-14-21-18)11-16-3-2-9-23(12-16)10-8-15-4-6-17(20)7-5-15/h4-7,13-14,16H,2-3,8-12H2,1H3/t16-/m1/s1. The van der Waals surface area contributed by atoms with E-state index < -0.39 is 0 Å². The van der Waals surface area contributed by atoms with Crippen molar-refractivity contribution in [2.24, 2.45) is 5.92 Å². The molecule has 1 amide bonds. The van der Waals surface area contributed by atoms with Crippen LogP contribution in [0.4, 0.5) is 0 Å². The lowest BCUT2D eigenvalue weighted by atomic mass is 9.97. The van der Waals surface area contributed by atoms with Crippen LogP contribution in [0.1, 0.15) is 28.9 Å². The highest BCUT2D eigenvalue weighted by Gasteiger charge is 2.23. The highest BCUT2D eigenvalue weighted by Crippen LogP contribution is 2.19. The molecule has 6 heteroatoms. The average Bonchev–Trinajstić information content (AvgIpc) is 3.15. The molecule has 2 aromatic rings. The molecule has 1 fully saturated rings. The molecule has 0 saturated carbocycles. The summed E-state index contributed by atoms with van der Waals surface area (Å²) in [4.78, 5) is 20.8. The van der Waals surface area contributed by atoms with Gasteiger partial charge in [-0.05, 0) is 49.4 Å². The second-order valence-corrected chi connectivity index (χ2v) is 7.90. The zero-order chi connectivity index (χ0) is 17.6. The first kappa shape index (κ1) is 18.4. The number of thiazole rings is 1. The molecular formula is C19H24ClN3OS. The lowest BCUT2D eigenvalue weighted by Crippen LogP contribution is -2.42. The van der Waals surface area contributed by atoms with Gasteiger partial charge < -0.3 is 9.80 Å². The summed E-state index contributed by atoms with van der Waals surface area (Å²) in [6, 6.07) is 8.11. The lowest BCUT2D eigenvalue weighted by molar-refractivity contribution is 0.0725. The molecule has 25 heavy (non-hydrogen) atoms. The van der Waals surface area contributed by atoms with Gasteiger partial charge in [0.25, 0.3) is 5.91 Å². The predicted octanol–water partition coefficient (Wildman–Crippen LogP) is 3.82. The molecular weight excluding hydrogens is 354 g/mol. The van der Waals surface area contributed by atoms with E-state index >= 15 is 0 Å². The zero-order valence-electron chi connectivity index (χ0n) is 14.5. The maximum atomic E-state index is 12.3. The second-order valence-electron chi connectivity index (χ2n) is 6.74. The smallest absolute Gasteiger partial charge is 0.273 e. The average molecular weight is 378 g/mol. The largest absolute Gasteiger partial charge is 0.340 e. The van der Waals surface area contributed by atoms with Crippen molar-refractivity contribution in [2.45, 2.75) is 19.3 Å². The van der Waals surface area contributed by atoms with Gasteiger partial charge in [-0.3, -0.25) is 4.79 Å². The van der Waals surface area contributed by atoms with Gasteiger partial charge in [-0.25, -0.2) is 4.98 Å². The lowest BCUT2D eigenvalue weighted by Gasteiger charge is -2.34. The first-order chi connectivity index (χ1) is 12.1. The maximum Gasteiger partial charge on any atom is 0.273 e. The first-order valence-corrected chi connectivity index (χ1v) is 10.0. The Balaban J connectivity index is 1.47. The van der Waals surface area contributed by atoms with Crippen LogP contribution in [0.3, 0.4) is 0 Å². The number of benzene rings is 1. The number of hydrogen-bond donors (Lipinski definition) is 0. The summed E-state index contributed by atoms with van der Waals surface area (Å²) in [6.07, 6.45) is 3.42. The molecule has 0 bridgehead atoms. The molecule has 0 aliphatic carbocycles. The number of piperidine rings is 1. The number of rotatable bonds is 6. The van der Waals surface area contributed by atoms with Gasteiger partial charge in [0, 0.05) is 37.1 Å². The van der Waals surface area contributed by atoms with Crippen LogP contribution < -0.4 is 0 Å². The summed E-state index contributed by atoms with van der Waals surface area (Å²) in [7, 11) is 1.88. The van der Waals surface area contributed by atoms with Gasteiger partial charge in [0.05, 0.1) is 5.51 Å². The van der Waals surface area contributed by atoms with Gasteiger partial charge in [-0.1, -0.05) is 23.7 Å². The number of nitrogens with zero attached hydrogens (tertiary/aromatic N) is 3. The topological polar surface area (TPSA) is 36.4 Å². The van der Waals surface area contributed by atoms with E-state index in [0.717, 1.165) is 37.6 Å². The van der Waals surface area contributed by atoms with Crippen molar-refractivity contribution in [1.29, 1.82) is 0 Å². The van der Waals surface area contributed by atoms with Crippen molar-refractivity contribution < 1.29 is 4.79 Å². The predicted molar refractivity (Wildman–Crippen MR) is 103 cm³/mol. The monoisotopic (exact) mass is 377 g/mol. The third kappa shape index (κ3) is 5.27. The number of likely N-dealkylation sites (tertiary alicyclic amines) is 1. The van der Waals surface area contributed by atoms with Gasteiger partial charge in [0.1, 0.15) is 5.69 Å². The zero-order valence-corrected chi connectivity index (χ0v) is 16.1. The third-order valence-corrected chi connectivity index (χ3v) is 5.60. The number of carbonyl (C=O) groups excluding carboxylic acids is 1. The van der Waals surface area contributed by atoms with Crippen molar-refractivity contribution in [3.63, 3.8) is 0 Å². The van der Waals surface area contributed by atoms with E-state index in [-0.39, 0.29) is 5.91 Å². The number of amides is 1. The number of aromatic nitrogens is 1. The van der Waals surface area contributed by atoms with Gasteiger partial charge in [-0.15, -0.1) is 11.3 Å². The van der Waals surface area contributed by atoms with Crippen LogP contribution in [0.2, 0.25) is 5.02 Å². The van der Waals surface area contributed by atoms with Crippen molar-refractivity contribution >= 4 is 28.8 Å². The molecule has 1 aromatic heterocycles. The van der Waals surface area contributed by atoms with E-state index in [1.807, 2.05) is 29.5 Å². The quantitative estimate of drug-likeness (QED) is 0.767. The molecule has 0 unspecified atom stereocenters. The van der Waals surface area contributed by atoms with E-state index in [1.54, 1.807) is 5.51 Å². The number of hydrogen-bond acceptors (Lipinski definition) is 4. The fourth-order valence-corrected chi connectivity index (χ4v) is 4.08. The van der Waals surface area contributed by atoms with E-state index in [4.69, 9.17) is 11.6 Å². The van der Waals surface area contributed by atoms with Crippen LogP contribution >= 0.6 is 22.9 Å². The van der Waals surface area contributed by atoms with Crippen molar-refractivity contribution in [1.82, 2.24) is 14.8 Å². The van der Waals surface area contributed by atoms with Crippen LogP contribution in [0.5, 0.6) is 0 Å². The van der Waals surface area contributed by atoms with Crippen molar-refractivity contribution in [3.05, 3.63) is 51.4 Å². The van der Waals surface area contributed by atoms with Gasteiger partial charge >= 0.3 is 0 Å². The van der Waals surface area contributed by atoms with Crippen molar-refractivity contribution in [3.8, 4) is 0 Å². The Morgan fingerprint density at radius 1 is 1.40 bits per heavy atom. The van der Waals surface area contributed by atoms with E-state index in [9.17, 15) is 4.79 Å². The van der Waals surface area contributed by atoms with Gasteiger partial charge in [0.15, 0.2) is 0 Å². The third-order valence-electron chi connectivity index (χ3n) is 4.76.